The molecule has 0 aromatic carbocycles. The molecule has 11 heavy (non-hydrogen) atoms. The number of carbonyl (C=O) groups excluding carboxylic acids is 2. The molecule has 0 atom stereocenters. The van der Waals surface area contributed by atoms with Gasteiger partial charge in [0.1, 0.15) is 0 Å². The smallest absolute Gasteiger partial charge is 0.548 e. The van der Waals surface area contributed by atoms with Gasteiger partial charge in [0.05, 0.1) is 25.2 Å². The molecule has 0 amide bonds. The summed E-state index contributed by atoms with van der Waals surface area (Å²) in [5.41, 5.74) is 0. The van der Waals surface area contributed by atoms with E-state index in [4.69, 9.17) is 30.0 Å². The SMILES string of the molecule is O=C([O-])CO.O=C([O-])CO.[Cu+2]. The Morgan fingerprint density at radius 2 is 1.09 bits per heavy atom. The minimum atomic E-state index is -1.44. The molecular formula is C4H6CuO6. The van der Waals surface area contributed by atoms with Crippen LogP contribution in [0.15, 0.2) is 0 Å². The monoisotopic (exact) mass is 213 g/mol. The summed E-state index contributed by atoms with van der Waals surface area (Å²) in [5.74, 6) is -2.88. The Balaban J connectivity index is -0.000000107. The molecule has 0 aromatic rings. The average molecular weight is 214 g/mol. The molecule has 0 bridgehead atoms. The summed E-state index contributed by atoms with van der Waals surface area (Å²) in [6.07, 6.45) is 0. The molecule has 0 unspecified atom stereocenters. The van der Waals surface area contributed by atoms with Crippen LogP contribution in [0.2, 0.25) is 0 Å². The van der Waals surface area contributed by atoms with E-state index in [1.165, 1.54) is 0 Å². The Morgan fingerprint density at radius 3 is 1.09 bits per heavy atom. The number of rotatable bonds is 2. The first-order valence-corrected chi connectivity index (χ1v) is 2.16. The zero-order valence-corrected chi connectivity index (χ0v) is 6.18. The second-order valence-corrected chi connectivity index (χ2v) is 1.06. The van der Waals surface area contributed by atoms with Crippen LogP contribution in [0.25, 0.3) is 0 Å². The van der Waals surface area contributed by atoms with Gasteiger partial charge in [-0.25, -0.2) is 0 Å². The minimum Gasteiger partial charge on any atom is -0.548 e. The summed E-state index contributed by atoms with van der Waals surface area (Å²) in [4.78, 5) is 18.0. The molecule has 0 spiro atoms. The molecule has 1 radical (unpaired) electrons. The first kappa shape index (κ1) is 16.8. The van der Waals surface area contributed by atoms with Crippen molar-refractivity contribution < 1.29 is 47.1 Å². The van der Waals surface area contributed by atoms with Gasteiger partial charge in [0.2, 0.25) is 0 Å². The second kappa shape index (κ2) is 12.1. The molecule has 0 aliphatic carbocycles. The Hall–Kier alpha value is -0.621. The Morgan fingerprint density at radius 1 is 1.00 bits per heavy atom. The number of hydrogen-bond acceptors (Lipinski definition) is 6. The van der Waals surface area contributed by atoms with E-state index in [-0.39, 0.29) is 17.1 Å². The molecule has 0 aromatic heterocycles. The van der Waals surface area contributed by atoms with E-state index >= 15 is 0 Å². The van der Waals surface area contributed by atoms with E-state index in [0.717, 1.165) is 0 Å². The molecule has 0 aliphatic heterocycles. The third-order valence-corrected chi connectivity index (χ3v) is 0.258. The van der Waals surface area contributed by atoms with Gasteiger partial charge in [-0.3, -0.25) is 0 Å². The van der Waals surface area contributed by atoms with Crippen LogP contribution in [0, 0.1) is 0 Å². The van der Waals surface area contributed by atoms with E-state index in [2.05, 4.69) is 0 Å². The van der Waals surface area contributed by atoms with Crippen LogP contribution in [-0.4, -0.2) is 35.4 Å². The fraction of sp³-hybridized carbons (Fsp3) is 0.500. The van der Waals surface area contributed by atoms with Gasteiger partial charge in [-0.1, -0.05) is 0 Å². The largest absolute Gasteiger partial charge is 2.00 e. The number of aliphatic carboxylic acids is 2. The molecule has 2 N–H and O–H groups in total. The van der Waals surface area contributed by atoms with E-state index in [1.54, 1.807) is 0 Å². The van der Waals surface area contributed by atoms with Gasteiger partial charge >= 0.3 is 17.1 Å². The van der Waals surface area contributed by atoms with Crippen LogP contribution in [-0.2, 0) is 26.7 Å². The van der Waals surface area contributed by atoms with Crippen LogP contribution in [0.3, 0.4) is 0 Å². The number of aliphatic hydroxyl groups excluding tert-OH is 2. The summed E-state index contributed by atoms with van der Waals surface area (Å²) in [7, 11) is 0. The van der Waals surface area contributed by atoms with Crippen molar-refractivity contribution in [3.63, 3.8) is 0 Å². The topological polar surface area (TPSA) is 121 Å². The maximum Gasteiger partial charge on any atom is 2.00 e. The van der Waals surface area contributed by atoms with Crippen molar-refractivity contribution in [2.45, 2.75) is 0 Å². The van der Waals surface area contributed by atoms with Gasteiger partial charge in [0.25, 0.3) is 0 Å². The van der Waals surface area contributed by atoms with E-state index in [9.17, 15) is 0 Å². The van der Waals surface area contributed by atoms with Gasteiger partial charge in [0.15, 0.2) is 0 Å². The Kier molecular flexibility index (Phi) is 18.4. The average Bonchev–Trinajstić information content (AvgIpc) is 1.89. The molecule has 0 heterocycles. The molecular weight excluding hydrogens is 208 g/mol. The van der Waals surface area contributed by atoms with Crippen LogP contribution in [0.5, 0.6) is 0 Å². The number of carboxylic acid groups (broad SMARTS) is 2. The minimum absolute atomic E-state index is 0. The van der Waals surface area contributed by atoms with Crippen LogP contribution in [0.1, 0.15) is 0 Å². The maximum atomic E-state index is 9.01. The predicted octanol–water partition coefficient (Wildman–Crippen LogP) is -4.55. The van der Waals surface area contributed by atoms with E-state index < -0.39 is 25.2 Å². The van der Waals surface area contributed by atoms with E-state index in [0.29, 0.717) is 0 Å². The van der Waals surface area contributed by atoms with Crippen LogP contribution < -0.4 is 10.2 Å². The van der Waals surface area contributed by atoms with Gasteiger partial charge in [-0.05, 0) is 0 Å². The van der Waals surface area contributed by atoms with Crippen molar-refractivity contribution in [3.05, 3.63) is 0 Å². The zero-order valence-electron chi connectivity index (χ0n) is 5.24. The number of aliphatic hydroxyl groups is 2. The quantitative estimate of drug-likeness (QED) is 0.446. The normalized spacial score (nSPS) is 6.73. The molecule has 0 saturated heterocycles. The third kappa shape index (κ3) is 44.7. The Labute approximate surface area is 72.9 Å². The second-order valence-electron chi connectivity index (χ2n) is 1.06. The number of carbonyl (C=O) groups is 2. The standard InChI is InChI=1S/2C2H4O3.Cu/c2*3-1-2(4)5;/h2*3H,1H2,(H,4,5);/q;;+2/p-2. The van der Waals surface area contributed by atoms with Gasteiger partial charge < -0.3 is 30.0 Å². The summed E-state index contributed by atoms with van der Waals surface area (Å²) < 4.78 is 0. The van der Waals surface area contributed by atoms with Crippen LogP contribution >= 0.6 is 0 Å². The van der Waals surface area contributed by atoms with Crippen molar-refractivity contribution >= 4 is 11.9 Å². The first-order chi connectivity index (χ1) is 4.54. The van der Waals surface area contributed by atoms with Gasteiger partial charge in [0, 0.05) is 0 Å². The summed E-state index contributed by atoms with van der Waals surface area (Å²) in [6.45, 7) is -1.78. The summed E-state index contributed by atoms with van der Waals surface area (Å²) in [6, 6.07) is 0. The Bertz CT molecular complexity index is 99.1. The van der Waals surface area contributed by atoms with Gasteiger partial charge in [-0.15, -0.1) is 0 Å². The van der Waals surface area contributed by atoms with Crippen molar-refractivity contribution in [2.24, 2.45) is 0 Å². The predicted molar refractivity (Wildman–Crippen MR) is 24.2 cm³/mol. The fourth-order valence-corrected chi connectivity index (χ4v) is 0. The maximum absolute atomic E-state index is 9.01. The van der Waals surface area contributed by atoms with E-state index in [1.807, 2.05) is 0 Å². The number of hydrogen-bond donors (Lipinski definition) is 2. The molecule has 0 fully saturated rings. The molecule has 0 saturated carbocycles. The van der Waals surface area contributed by atoms with Crippen molar-refractivity contribution in [1.82, 2.24) is 0 Å². The first-order valence-electron chi connectivity index (χ1n) is 2.16. The third-order valence-electron chi connectivity index (χ3n) is 0.258. The zero-order chi connectivity index (χ0) is 8.57. The molecule has 69 valence electrons. The summed E-state index contributed by atoms with van der Waals surface area (Å²) in [5, 5.41) is 33.0. The summed E-state index contributed by atoms with van der Waals surface area (Å²) >= 11 is 0. The fourth-order valence-electron chi connectivity index (χ4n) is 0. The molecule has 0 rings (SSSR count). The number of carboxylic acids is 2. The molecule has 0 aliphatic rings. The van der Waals surface area contributed by atoms with Gasteiger partial charge in [-0.2, -0.15) is 0 Å². The molecule has 7 heteroatoms. The van der Waals surface area contributed by atoms with Crippen molar-refractivity contribution in [3.8, 4) is 0 Å². The van der Waals surface area contributed by atoms with Crippen molar-refractivity contribution in [1.29, 1.82) is 0 Å². The van der Waals surface area contributed by atoms with Crippen molar-refractivity contribution in [2.75, 3.05) is 13.2 Å². The van der Waals surface area contributed by atoms with Crippen LogP contribution in [0.4, 0.5) is 0 Å². The molecule has 6 nitrogen and oxygen atoms in total.